The van der Waals surface area contributed by atoms with Crippen molar-refractivity contribution in [3.05, 3.63) is 11.6 Å². The van der Waals surface area contributed by atoms with E-state index in [0.29, 0.717) is 29.0 Å². The molecule has 0 aliphatic heterocycles. The number of aliphatic hydroxyl groups is 1. The van der Waals surface area contributed by atoms with Gasteiger partial charge in [-0.3, -0.25) is 4.79 Å². The van der Waals surface area contributed by atoms with Crippen molar-refractivity contribution >= 4 is 5.78 Å². The Kier molecular flexibility index (Phi) is 2.96. The van der Waals surface area contributed by atoms with Crippen LogP contribution in [0.2, 0.25) is 0 Å². The second-order valence-corrected chi connectivity index (χ2v) is 8.58. The fraction of sp³-hybridized carbons (Fsp3) is 0.842. The van der Waals surface area contributed by atoms with E-state index < -0.39 is 0 Å². The van der Waals surface area contributed by atoms with E-state index >= 15 is 0 Å². The number of rotatable bonds is 0. The van der Waals surface area contributed by atoms with Gasteiger partial charge >= 0.3 is 0 Å². The van der Waals surface area contributed by atoms with E-state index in [0.717, 1.165) is 38.5 Å². The molecule has 4 rings (SSSR count). The van der Waals surface area contributed by atoms with Crippen molar-refractivity contribution in [1.29, 1.82) is 0 Å². The molecular formula is C19H28O2. The summed E-state index contributed by atoms with van der Waals surface area (Å²) < 4.78 is 0. The highest BCUT2D eigenvalue weighted by molar-refractivity contribution is 5.87. The van der Waals surface area contributed by atoms with Crippen LogP contribution >= 0.6 is 0 Å². The van der Waals surface area contributed by atoms with Crippen molar-refractivity contribution in [2.45, 2.75) is 71.3 Å². The van der Waals surface area contributed by atoms with E-state index in [9.17, 15) is 9.90 Å². The average Bonchev–Trinajstić information content (AvgIpc) is 2.76. The van der Waals surface area contributed by atoms with Crippen molar-refractivity contribution in [2.24, 2.45) is 28.6 Å². The minimum Gasteiger partial charge on any atom is -0.393 e. The Balaban J connectivity index is 1.71. The SMILES string of the molecule is C[C@@]12CC=C3[C@H](CC[C@H]4C[C@@H](O)CC[C@]34C)[C@H]1CCC2=O. The molecule has 0 bridgehead atoms. The molecule has 6 atom stereocenters. The maximum atomic E-state index is 12.3. The summed E-state index contributed by atoms with van der Waals surface area (Å²) in [5.41, 5.74) is 1.91. The lowest BCUT2D eigenvalue weighted by molar-refractivity contribution is -0.127. The van der Waals surface area contributed by atoms with Crippen LogP contribution in [0.3, 0.4) is 0 Å². The summed E-state index contributed by atoms with van der Waals surface area (Å²) in [5.74, 6) is 2.40. The molecule has 21 heavy (non-hydrogen) atoms. The van der Waals surface area contributed by atoms with E-state index in [1.54, 1.807) is 5.57 Å². The number of hydrogen-bond acceptors (Lipinski definition) is 2. The summed E-state index contributed by atoms with van der Waals surface area (Å²) in [6.45, 7) is 4.67. The van der Waals surface area contributed by atoms with E-state index in [1.165, 1.54) is 12.8 Å². The zero-order chi connectivity index (χ0) is 14.8. The van der Waals surface area contributed by atoms with Gasteiger partial charge in [0.25, 0.3) is 0 Å². The number of Topliss-reactive ketones (excluding diaryl/α,β-unsaturated/α-hetero) is 1. The van der Waals surface area contributed by atoms with Crippen LogP contribution < -0.4 is 0 Å². The predicted octanol–water partition coefficient (Wildman–Crippen LogP) is 3.88. The molecule has 116 valence electrons. The van der Waals surface area contributed by atoms with Crippen LogP contribution in [0.25, 0.3) is 0 Å². The van der Waals surface area contributed by atoms with Gasteiger partial charge in [0.2, 0.25) is 0 Å². The summed E-state index contributed by atoms with van der Waals surface area (Å²) in [4.78, 5) is 12.3. The first-order valence-electron chi connectivity index (χ1n) is 8.87. The first-order chi connectivity index (χ1) is 9.95. The van der Waals surface area contributed by atoms with Crippen molar-refractivity contribution in [2.75, 3.05) is 0 Å². The van der Waals surface area contributed by atoms with Gasteiger partial charge in [-0.2, -0.15) is 0 Å². The summed E-state index contributed by atoms with van der Waals surface area (Å²) in [5, 5.41) is 10.0. The van der Waals surface area contributed by atoms with E-state index in [-0.39, 0.29) is 11.5 Å². The molecule has 4 aliphatic rings. The van der Waals surface area contributed by atoms with Crippen LogP contribution in [-0.4, -0.2) is 17.0 Å². The third-order valence-corrected chi connectivity index (χ3v) is 7.71. The maximum Gasteiger partial charge on any atom is 0.139 e. The van der Waals surface area contributed by atoms with Crippen molar-refractivity contribution in [3.63, 3.8) is 0 Å². The molecule has 0 aromatic rings. The molecule has 0 heterocycles. The van der Waals surface area contributed by atoms with Gasteiger partial charge in [0.1, 0.15) is 5.78 Å². The molecule has 0 saturated heterocycles. The van der Waals surface area contributed by atoms with Crippen LogP contribution in [-0.2, 0) is 4.79 Å². The number of hydrogen-bond donors (Lipinski definition) is 1. The number of allylic oxidation sites excluding steroid dienone is 2. The zero-order valence-electron chi connectivity index (χ0n) is 13.4. The molecule has 0 aromatic heterocycles. The fourth-order valence-corrected chi connectivity index (χ4v) is 6.29. The molecule has 2 heteroatoms. The van der Waals surface area contributed by atoms with Crippen LogP contribution in [0.15, 0.2) is 11.6 Å². The quantitative estimate of drug-likeness (QED) is 0.687. The molecule has 0 spiro atoms. The van der Waals surface area contributed by atoms with Gasteiger partial charge in [0, 0.05) is 11.8 Å². The molecule has 3 saturated carbocycles. The minimum atomic E-state index is -0.0814. The second-order valence-electron chi connectivity index (χ2n) is 8.58. The summed E-state index contributed by atoms with van der Waals surface area (Å²) in [6.07, 6.45) is 10.8. The fourth-order valence-electron chi connectivity index (χ4n) is 6.29. The highest BCUT2D eigenvalue weighted by Gasteiger charge is 2.56. The zero-order valence-corrected chi connectivity index (χ0v) is 13.4. The Labute approximate surface area is 128 Å². The monoisotopic (exact) mass is 288 g/mol. The van der Waals surface area contributed by atoms with Gasteiger partial charge in [0.15, 0.2) is 0 Å². The van der Waals surface area contributed by atoms with Crippen LogP contribution in [0.1, 0.15) is 65.2 Å². The first-order valence-corrected chi connectivity index (χ1v) is 8.87. The average molecular weight is 288 g/mol. The van der Waals surface area contributed by atoms with Gasteiger partial charge < -0.3 is 5.11 Å². The Morgan fingerprint density at radius 2 is 1.95 bits per heavy atom. The minimum absolute atomic E-state index is 0.0639. The maximum absolute atomic E-state index is 12.3. The van der Waals surface area contributed by atoms with Crippen molar-refractivity contribution in [1.82, 2.24) is 0 Å². The topological polar surface area (TPSA) is 37.3 Å². The molecule has 0 radical (unpaired) electrons. The van der Waals surface area contributed by atoms with Crippen LogP contribution in [0, 0.1) is 28.6 Å². The molecule has 3 fully saturated rings. The van der Waals surface area contributed by atoms with Gasteiger partial charge in [-0.1, -0.05) is 25.5 Å². The lowest BCUT2D eigenvalue weighted by Gasteiger charge is -2.55. The number of aliphatic hydroxyl groups excluding tert-OH is 1. The molecule has 0 amide bonds. The third-order valence-electron chi connectivity index (χ3n) is 7.71. The van der Waals surface area contributed by atoms with Gasteiger partial charge in [-0.05, 0) is 68.1 Å². The van der Waals surface area contributed by atoms with Gasteiger partial charge in [0.05, 0.1) is 6.10 Å². The molecule has 0 unspecified atom stereocenters. The van der Waals surface area contributed by atoms with Crippen molar-refractivity contribution in [3.8, 4) is 0 Å². The largest absolute Gasteiger partial charge is 0.393 e. The molecular weight excluding hydrogens is 260 g/mol. The summed E-state index contributed by atoms with van der Waals surface area (Å²) in [7, 11) is 0. The smallest absolute Gasteiger partial charge is 0.139 e. The standard InChI is InChI=1S/C19H28O2/c1-18-9-7-13(20)11-12(18)3-4-14-15-5-6-17(21)19(15,2)10-8-16(14)18/h8,12-15,20H,3-7,9-11H2,1-2H3/t12-,13-,14+,15+,18-,19+/m0/s1. The number of carbonyl (C=O) groups is 1. The van der Waals surface area contributed by atoms with Crippen LogP contribution in [0.4, 0.5) is 0 Å². The van der Waals surface area contributed by atoms with Gasteiger partial charge in [-0.15, -0.1) is 0 Å². The molecule has 4 aliphatic carbocycles. The molecule has 0 aromatic carbocycles. The Hall–Kier alpha value is -0.630. The summed E-state index contributed by atoms with van der Waals surface area (Å²) >= 11 is 0. The Morgan fingerprint density at radius 3 is 2.76 bits per heavy atom. The van der Waals surface area contributed by atoms with E-state index in [4.69, 9.17) is 0 Å². The Bertz CT molecular complexity index is 508. The summed E-state index contributed by atoms with van der Waals surface area (Å²) in [6, 6.07) is 0. The number of fused-ring (bicyclic) bond motifs is 5. The number of ketones is 1. The van der Waals surface area contributed by atoms with E-state index in [2.05, 4.69) is 19.9 Å². The van der Waals surface area contributed by atoms with Crippen LogP contribution in [0.5, 0.6) is 0 Å². The van der Waals surface area contributed by atoms with Gasteiger partial charge in [-0.25, -0.2) is 0 Å². The highest BCUT2D eigenvalue weighted by Crippen LogP contribution is 2.63. The third kappa shape index (κ3) is 1.78. The number of carbonyl (C=O) groups excluding carboxylic acids is 1. The lowest BCUT2D eigenvalue weighted by atomic mass is 9.49. The second kappa shape index (κ2) is 4.44. The lowest BCUT2D eigenvalue weighted by Crippen LogP contribution is -2.48. The molecule has 2 nitrogen and oxygen atoms in total. The van der Waals surface area contributed by atoms with Crippen molar-refractivity contribution < 1.29 is 9.90 Å². The van der Waals surface area contributed by atoms with E-state index in [1.807, 2.05) is 0 Å². The normalized spacial score (nSPS) is 52.7. The highest BCUT2D eigenvalue weighted by atomic mass is 16.3. The molecule has 1 N–H and O–H groups in total. The first kappa shape index (κ1) is 14.0. The Morgan fingerprint density at radius 1 is 1.14 bits per heavy atom. The predicted molar refractivity (Wildman–Crippen MR) is 82.7 cm³/mol.